The van der Waals surface area contributed by atoms with Gasteiger partial charge in [0.1, 0.15) is 23.0 Å². The molecule has 9 heteroatoms. The van der Waals surface area contributed by atoms with Gasteiger partial charge in [-0.1, -0.05) is 13.0 Å². The summed E-state index contributed by atoms with van der Waals surface area (Å²) in [5.74, 6) is 1.97. The number of aromatic nitrogens is 5. The Morgan fingerprint density at radius 2 is 2.00 bits per heavy atom. The molecule has 0 spiro atoms. The third-order valence-electron chi connectivity index (χ3n) is 6.22. The van der Waals surface area contributed by atoms with Gasteiger partial charge in [0.2, 0.25) is 5.91 Å². The number of amides is 2. The van der Waals surface area contributed by atoms with Crippen LogP contribution in [-0.4, -0.2) is 48.0 Å². The van der Waals surface area contributed by atoms with Gasteiger partial charge in [0.15, 0.2) is 5.82 Å². The van der Waals surface area contributed by atoms with E-state index in [0.29, 0.717) is 36.7 Å². The minimum atomic E-state index is -0.331. The van der Waals surface area contributed by atoms with E-state index in [4.69, 9.17) is 0 Å². The molecule has 9 nitrogen and oxygen atoms in total. The van der Waals surface area contributed by atoms with Crippen LogP contribution in [0.25, 0.3) is 11.5 Å². The highest BCUT2D eigenvalue weighted by atomic mass is 16.2. The van der Waals surface area contributed by atoms with Gasteiger partial charge in [-0.25, -0.2) is 4.98 Å². The summed E-state index contributed by atoms with van der Waals surface area (Å²) in [6.07, 6.45) is 7.03. The Morgan fingerprint density at radius 3 is 2.88 bits per heavy atom. The predicted octanol–water partition coefficient (Wildman–Crippen LogP) is 3.01. The molecule has 170 valence electrons. The van der Waals surface area contributed by atoms with E-state index in [1.54, 1.807) is 18.3 Å². The minimum absolute atomic E-state index is 0.155. The van der Waals surface area contributed by atoms with Crippen molar-refractivity contribution in [1.82, 2.24) is 29.6 Å². The van der Waals surface area contributed by atoms with E-state index in [1.165, 1.54) is 0 Å². The summed E-state index contributed by atoms with van der Waals surface area (Å²) in [5.41, 5.74) is 3.05. The normalized spacial score (nSPS) is 15.0. The number of carbonyl (C=O) groups is 2. The van der Waals surface area contributed by atoms with Crippen molar-refractivity contribution in [1.29, 1.82) is 0 Å². The van der Waals surface area contributed by atoms with Crippen molar-refractivity contribution in [2.75, 3.05) is 11.9 Å². The summed E-state index contributed by atoms with van der Waals surface area (Å²) in [6.45, 7) is 4.10. The van der Waals surface area contributed by atoms with Crippen LogP contribution in [0.3, 0.4) is 0 Å². The molecule has 5 rings (SSSR count). The molecule has 0 fully saturated rings. The van der Waals surface area contributed by atoms with Gasteiger partial charge in [-0.15, -0.1) is 10.2 Å². The molecule has 3 aromatic heterocycles. The van der Waals surface area contributed by atoms with Crippen LogP contribution in [0.2, 0.25) is 0 Å². The lowest BCUT2D eigenvalue weighted by molar-refractivity contribution is -0.132. The number of carbonyl (C=O) groups excluding carboxylic acids is 2. The highest BCUT2D eigenvalue weighted by Gasteiger charge is 2.22. The Labute approximate surface area is 192 Å². The van der Waals surface area contributed by atoms with Crippen molar-refractivity contribution in [2.24, 2.45) is 0 Å². The second kappa shape index (κ2) is 9.09. The van der Waals surface area contributed by atoms with E-state index in [9.17, 15) is 9.59 Å². The first-order valence-corrected chi connectivity index (χ1v) is 11.6. The molecule has 0 aromatic carbocycles. The van der Waals surface area contributed by atoms with E-state index in [-0.39, 0.29) is 11.8 Å². The monoisotopic (exact) mass is 445 g/mol. The van der Waals surface area contributed by atoms with Crippen LogP contribution in [0.5, 0.6) is 0 Å². The molecule has 2 aliphatic rings. The van der Waals surface area contributed by atoms with Crippen molar-refractivity contribution in [3.05, 3.63) is 53.1 Å². The summed E-state index contributed by atoms with van der Waals surface area (Å²) in [4.78, 5) is 36.0. The highest BCUT2D eigenvalue weighted by molar-refractivity contribution is 6.02. The summed E-state index contributed by atoms with van der Waals surface area (Å²) in [7, 11) is 0. The van der Waals surface area contributed by atoms with Crippen LogP contribution >= 0.6 is 0 Å². The van der Waals surface area contributed by atoms with Crippen molar-refractivity contribution in [2.45, 2.75) is 58.5 Å². The molecule has 0 saturated carbocycles. The van der Waals surface area contributed by atoms with Crippen molar-refractivity contribution >= 4 is 17.6 Å². The zero-order chi connectivity index (χ0) is 22.8. The van der Waals surface area contributed by atoms with Gasteiger partial charge in [-0.3, -0.25) is 14.6 Å². The number of hydrogen-bond acceptors (Lipinski definition) is 6. The molecule has 2 amide bonds. The van der Waals surface area contributed by atoms with Gasteiger partial charge in [0, 0.05) is 38.7 Å². The van der Waals surface area contributed by atoms with E-state index < -0.39 is 0 Å². The first-order chi connectivity index (χ1) is 16.1. The maximum Gasteiger partial charge on any atom is 0.275 e. The van der Waals surface area contributed by atoms with Crippen molar-refractivity contribution in [3.63, 3.8) is 0 Å². The zero-order valence-corrected chi connectivity index (χ0v) is 18.8. The first kappa shape index (κ1) is 21.2. The zero-order valence-electron chi connectivity index (χ0n) is 18.8. The lowest BCUT2D eigenvalue weighted by Gasteiger charge is -2.29. The lowest BCUT2D eigenvalue weighted by Crippen LogP contribution is -2.36. The Kier molecular flexibility index (Phi) is 5.85. The van der Waals surface area contributed by atoms with Crippen LogP contribution in [0.4, 0.5) is 5.82 Å². The summed E-state index contributed by atoms with van der Waals surface area (Å²) < 4.78 is 2.11. The van der Waals surface area contributed by atoms with Crippen LogP contribution < -0.4 is 5.32 Å². The fraction of sp³-hybridized carbons (Fsp3) is 0.417. The number of hydrogen-bond donors (Lipinski definition) is 1. The Hall–Kier alpha value is -3.62. The fourth-order valence-corrected chi connectivity index (χ4v) is 4.45. The maximum absolute atomic E-state index is 12.9. The average molecular weight is 446 g/mol. The van der Waals surface area contributed by atoms with E-state index in [1.807, 2.05) is 24.0 Å². The molecule has 0 radical (unpaired) electrons. The van der Waals surface area contributed by atoms with Gasteiger partial charge in [0.25, 0.3) is 5.91 Å². The SMILES string of the molecule is CCCC(=O)N1CCc2cnc(C(=O)Nc3cccc(-c4nnc5n4CCCC5)n3)cc2C1. The van der Waals surface area contributed by atoms with Crippen LogP contribution in [0.1, 0.15) is 60.0 Å². The molecule has 0 unspecified atom stereocenters. The fourth-order valence-electron chi connectivity index (χ4n) is 4.45. The number of nitrogens with one attached hydrogen (secondary N) is 1. The second-order valence-corrected chi connectivity index (χ2v) is 8.56. The molecular weight excluding hydrogens is 418 g/mol. The third-order valence-corrected chi connectivity index (χ3v) is 6.22. The molecular formula is C24H27N7O2. The Morgan fingerprint density at radius 1 is 1.09 bits per heavy atom. The van der Waals surface area contributed by atoms with Crippen LogP contribution in [-0.2, 0) is 30.7 Å². The topological polar surface area (TPSA) is 106 Å². The number of nitrogens with zero attached hydrogens (tertiary/aromatic N) is 6. The Bertz CT molecular complexity index is 1200. The van der Waals surface area contributed by atoms with Gasteiger partial charge in [-0.05, 0) is 55.0 Å². The van der Waals surface area contributed by atoms with E-state index >= 15 is 0 Å². The van der Waals surface area contributed by atoms with Crippen LogP contribution in [0.15, 0.2) is 30.5 Å². The molecule has 0 aliphatic carbocycles. The molecule has 0 atom stereocenters. The molecule has 1 N–H and O–H groups in total. The predicted molar refractivity (Wildman–Crippen MR) is 122 cm³/mol. The average Bonchev–Trinajstić information content (AvgIpc) is 3.28. The standard InChI is InChI=1S/C24H27N7O2/c1-2-6-22(32)30-12-10-16-14-25-19(13-17(16)15-30)24(33)27-20-8-5-7-18(26-20)23-29-28-21-9-3-4-11-31(21)23/h5,7-8,13-14H,2-4,6,9-12,15H2,1H3,(H,26,27,33). The number of anilines is 1. The molecule has 3 aromatic rings. The van der Waals surface area contributed by atoms with Crippen molar-refractivity contribution < 1.29 is 9.59 Å². The smallest absolute Gasteiger partial charge is 0.275 e. The number of pyridine rings is 2. The lowest BCUT2D eigenvalue weighted by atomic mass is 10.0. The summed E-state index contributed by atoms with van der Waals surface area (Å²) in [6, 6.07) is 7.26. The van der Waals surface area contributed by atoms with Gasteiger partial charge < -0.3 is 14.8 Å². The first-order valence-electron chi connectivity index (χ1n) is 11.6. The molecule has 0 bridgehead atoms. The molecule has 5 heterocycles. The van der Waals surface area contributed by atoms with E-state index in [0.717, 1.165) is 61.4 Å². The quantitative estimate of drug-likeness (QED) is 0.647. The Balaban J connectivity index is 1.33. The van der Waals surface area contributed by atoms with Gasteiger partial charge >= 0.3 is 0 Å². The highest BCUT2D eigenvalue weighted by Crippen LogP contribution is 2.23. The molecule has 33 heavy (non-hydrogen) atoms. The number of fused-ring (bicyclic) bond motifs is 2. The summed E-state index contributed by atoms with van der Waals surface area (Å²) in [5, 5.41) is 11.5. The van der Waals surface area contributed by atoms with Crippen LogP contribution in [0, 0.1) is 0 Å². The minimum Gasteiger partial charge on any atom is -0.338 e. The van der Waals surface area contributed by atoms with Crippen molar-refractivity contribution in [3.8, 4) is 11.5 Å². The molecule has 0 saturated heterocycles. The van der Waals surface area contributed by atoms with E-state index in [2.05, 4.69) is 30.0 Å². The molecule has 2 aliphatic heterocycles. The summed E-state index contributed by atoms with van der Waals surface area (Å²) >= 11 is 0. The largest absolute Gasteiger partial charge is 0.338 e. The maximum atomic E-state index is 12.9. The third kappa shape index (κ3) is 4.35. The second-order valence-electron chi connectivity index (χ2n) is 8.56. The van der Waals surface area contributed by atoms with Gasteiger partial charge in [-0.2, -0.15) is 0 Å². The number of rotatable bonds is 5. The van der Waals surface area contributed by atoms with Gasteiger partial charge in [0.05, 0.1) is 0 Å². The number of aryl methyl sites for hydroxylation is 1.